The van der Waals surface area contributed by atoms with Gasteiger partial charge in [-0.05, 0) is 18.8 Å². The summed E-state index contributed by atoms with van der Waals surface area (Å²) < 4.78 is 0. The van der Waals surface area contributed by atoms with E-state index in [1.807, 2.05) is 12.2 Å². The van der Waals surface area contributed by atoms with Gasteiger partial charge >= 0.3 is 0 Å². The lowest BCUT2D eigenvalue weighted by molar-refractivity contribution is -0.119. The Bertz CT molecular complexity index is 426. The number of nitrogens with one attached hydrogen (secondary N) is 1. The van der Waals surface area contributed by atoms with Crippen molar-refractivity contribution < 1.29 is 4.79 Å². The van der Waals surface area contributed by atoms with E-state index in [9.17, 15) is 4.79 Å². The molecule has 2 rings (SSSR count). The molecule has 4 heteroatoms. The molecular formula is C14H20N2OS. The quantitative estimate of drug-likeness (QED) is 0.851. The molecule has 1 unspecified atom stereocenters. The van der Waals surface area contributed by atoms with Crippen molar-refractivity contribution in [2.24, 2.45) is 10.9 Å². The topological polar surface area (TPSA) is 41.5 Å². The molecule has 2 atom stereocenters. The summed E-state index contributed by atoms with van der Waals surface area (Å²) in [6, 6.07) is 0. The summed E-state index contributed by atoms with van der Waals surface area (Å²) in [7, 11) is 0. The van der Waals surface area contributed by atoms with Crippen LogP contribution in [0.3, 0.4) is 0 Å². The van der Waals surface area contributed by atoms with Gasteiger partial charge in [0, 0.05) is 0 Å². The van der Waals surface area contributed by atoms with E-state index in [1.54, 1.807) is 11.8 Å². The number of hydrogen-bond acceptors (Lipinski definition) is 3. The molecule has 0 radical (unpaired) electrons. The standard InChI is InChI=1S/C14H20N2OS/c1-4-14(8-6-5-7-9-14)16-13-15-12(17)11(18-13)10(2)3/h5-8,10-11H,4,9H2,1-3H3,(H,15,16,17)/t11?,14-/m0/s1. The van der Waals surface area contributed by atoms with E-state index in [0.717, 1.165) is 18.0 Å². The van der Waals surface area contributed by atoms with Crippen LogP contribution in [-0.2, 0) is 4.79 Å². The highest BCUT2D eigenvalue weighted by molar-refractivity contribution is 8.15. The fourth-order valence-corrected chi connectivity index (χ4v) is 3.23. The summed E-state index contributed by atoms with van der Waals surface area (Å²) in [5.41, 5.74) is -0.170. The maximum atomic E-state index is 11.8. The zero-order valence-electron chi connectivity index (χ0n) is 11.1. The van der Waals surface area contributed by atoms with Gasteiger partial charge in [0.25, 0.3) is 0 Å². The summed E-state index contributed by atoms with van der Waals surface area (Å²) in [5, 5.41) is 3.69. The second-order valence-corrected chi connectivity index (χ2v) is 6.27. The number of thioether (sulfide) groups is 1. The van der Waals surface area contributed by atoms with Crippen LogP contribution in [0, 0.1) is 5.92 Å². The smallest absolute Gasteiger partial charge is 0.239 e. The van der Waals surface area contributed by atoms with Crippen LogP contribution in [-0.4, -0.2) is 21.9 Å². The molecule has 1 aliphatic carbocycles. The number of amides is 1. The summed E-state index contributed by atoms with van der Waals surface area (Å²) in [5.74, 6) is 0.428. The van der Waals surface area contributed by atoms with Crippen molar-refractivity contribution in [1.29, 1.82) is 0 Å². The average Bonchev–Trinajstić information content (AvgIpc) is 2.71. The first-order valence-corrected chi connectivity index (χ1v) is 7.36. The highest BCUT2D eigenvalue weighted by Gasteiger charge is 2.34. The summed E-state index contributed by atoms with van der Waals surface area (Å²) in [6.07, 6.45) is 10.2. The largest absolute Gasteiger partial charge is 0.304 e. The zero-order valence-corrected chi connectivity index (χ0v) is 12.0. The fourth-order valence-electron chi connectivity index (χ4n) is 2.15. The minimum atomic E-state index is -0.170. The zero-order chi connectivity index (χ0) is 13.2. The van der Waals surface area contributed by atoms with Gasteiger partial charge < -0.3 is 5.32 Å². The third-order valence-corrected chi connectivity index (χ3v) is 4.82. The summed E-state index contributed by atoms with van der Waals surface area (Å²) in [4.78, 5) is 16.6. The molecule has 0 aromatic heterocycles. The van der Waals surface area contributed by atoms with Gasteiger partial charge in [0.15, 0.2) is 5.17 Å². The molecule has 0 aromatic carbocycles. The minimum Gasteiger partial charge on any atom is -0.304 e. The Labute approximate surface area is 113 Å². The number of aliphatic imine (C=N–C) groups is 1. The molecule has 1 saturated heterocycles. The van der Waals surface area contributed by atoms with E-state index in [0.29, 0.717) is 5.92 Å². The van der Waals surface area contributed by atoms with Crippen LogP contribution >= 0.6 is 11.8 Å². The molecule has 1 heterocycles. The Balaban J connectivity index is 2.17. The molecule has 1 N–H and O–H groups in total. The molecule has 0 aromatic rings. The second kappa shape index (κ2) is 5.31. The van der Waals surface area contributed by atoms with Gasteiger partial charge in [-0.1, -0.05) is 56.8 Å². The molecule has 2 aliphatic rings. The Hall–Kier alpha value is -1.03. The van der Waals surface area contributed by atoms with E-state index < -0.39 is 0 Å². The average molecular weight is 264 g/mol. The number of amidine groups is 1. The number of rotatable bonds is 3. The highest BCUT2D eigenvalue weighted by Crippen LogP contribution is 2.31. The lowest BCUT2D eigenvalue weighted by Gasteiger charge is -2.25. The first kappa shape index (κ1) is 13.4. The van der Waals surface area contributed by atoms with Gasteiger partial charge in [0.05, 0.1) is 10.8 Å². The Morgan fingerprint density at radius 2 is 2.33 bits per heavy atom. The molecule has 98 valence electrons. The summed E-state index contributed by atoms with van der Waals surface area (Å²) >= 11 is 1.57. The van der Waals surface area contributed by atoms with E-state index >= 15 is 0 Å². The first-order chi connectivity index (χ1) is 8.56. The number of hydrogen-bond donors (Lipinski definition) is 1. The van der Waals surface area contributed by atoms with Crippen LogP contribution < -0.4 is 5.32 Å². The number of allylic oxidation sites excluding steroid dienone is 2. The van der Waals surface area contributed by atoms with E-state index in [-0.39, 0.29) is 16.7 Å². The molecular weight excluding hydrogens is 244 g/mol. The Morgan fingerprint density at radius 1 is 1.56 bits per heavy atom. The number of carbonyl (C=O) groups excluding carboxylic acids is 1. The second-order valence-electron chi connectivity index (χ2n) is 5.14. The maximum Gasteiger partial charge on any atom is 0.239 e. The van der Waals surface area contributed by atoms with E-state index in [1.165, 1.54) is 0 Å². The van der Waals surface area contributed by atoms with Crippen molar-refractivity contribution >= 4 is 22.8 Å². The lowest BCUT2D eigenvalue weighted by atomic mass is 9.89. The van der Waals surface area contributed by atoms with Crippen LogP contribution in [0.25, 0.3) is 0 Å². The minimum absolute atomic E-state index is 0.000711. The van der Waals surface area contributed by atoms with Crippen molar-refractivity contribution in [2.75, 3.05) is 0 Å². The van der Waals surface area contributed by atoms with Crippen LogP contribution in [0.4, 0.5) is 0 Å². The molecule has 1 aliphatic heterocycles. The monoisotopic (exact) mass is 264 g/mol. The van der Waals surface area contributed by atoms with Crippen molar-refractivity contribution in [2.45, 2.75) is 44.4 Å². The van der Waals surface area contributed by atoms with Gasteiger partial charge in [-0.3, -0.25) is 9.79 Å². The molecule has 18 heavy (non-hydrogen) atoms. The van der Waals surface area contributed by atoms with Crippen LogP contribution in [0.5, 0.6) is 0 Å². The van der Waals surface area contributed by atoms with Gasteiger partial charge in [0.1, 0.15) is 0 Å². The predicted octanol–water partition coefficient (Wildman–Crippen LogP) is 2.89. The maximum absolute atomic E-state index is 11.8. The fraction of sp³-hybridized carbons (Fsp3) is 0.571. The highest BCUT2D eigenvalue weighted by atomic mass is 32.2. The molecule has 1 amide bonds. The molecule has 1 fully saturated rings. The van der Waals surface area contributed by atoms with Crippen molar-refractivity contribution in [1.82, 2.24) is 5.32 Å². The van der Waals surface area contributed by atoms with Crippen molar-refractivity contribution in [3.05, 3.63) is 24.3 Å². The third-order valence-electron chi connectivity index (χ3n) is 3.39. The number of carbonyl (C=O) groups is 1. The van der Waals surface area contributed by atoms with Gasteiger partial charge in [-0.15, -0.1) is 0 Å². The molecule has 3 nitrogen and oxygen atoms in total. The van der Waals surface area contributed by atoms with Gasteiger partial charge in [-0.25, -0.2) is 0 Å². The Morgan fingerprint density at radius 3 is 2.83 bits per heavy atom. The predicted molar refractivity (Wildman–Crippen MR) is 77.7 cm³/mol. The third kappa shape index (κ3) is 2.69. The molecule has 0 spiro atoms. The summed E-state index contributed by atoms with van der Waals surface area (Å²) in [6.45, 7) is 6.27. The van der Waals surface area contributed by atoms with E-state index in [2.05, 4.69) is 38.2 Å². The SMILES string of the molecule is CC[C@]1(N=C2NC(=O)C(C(C)C)S2)C=CC=CC1. The molecule has 0 saturated carbocycles. The van der Waals surface area contributed by atoms with Gasteiger partial charge in [0.2, 0.25) is 5.91 Å². The lowest BCUT2D eigenvalue weighted by Crippen LogP contribution is -2.30. The van der Waals surface area contributed by atoms with Gasteiger partial charge in [-0.2, -0.15) is 0 Å². The number of nitrogens with zero attached hydrogens (tertiary/aromatic N) is 1. The first-order valence-electron chi connectivity index (χ1n) is 6.48. The van der Waals surface area contributed by atoms with Crippen molar-refractivity contribution in [3.63, 3.8) is 0 Å². The van der Waals surface area contributed by atoms with Crippen LogP contribution in [0.15, 0.2) is 29.3 Å². The normalized spacial score (nSPS) is 33.4. The van der Waals surface area contributed by atoms with Crippen LogP contribution in [0.2, 0.25) is 0 Å². The van der Waals surface area contributed by atoms with Crippen molar-refractivity contribution in [3.8, 4) is 0 Å². The molecule has 0 bridgehead atoms. The Kier molecular flexibility index (Phi) is 3.95. The van der Waals surface area contributed by atoms with E-state index in [4.69, 9.17) is 4.99 Å². The van der Waals surface area contributed by atoms with Crippen LogP contribution in [0.1, 0.15) is 33.6 Å².